The van der Waals surface area contributed by atoms with E-state index in [1.165, 1.54) is 141 Å². The Hall–Kier alpha value is -0.530. The minimum absolute atomic E-state index is 0.346. The topological polar surface area (TPSA) is 37.3 Å². The molecule has 0 fully saturated rings. The van der Waals surface area contributed by atoms with E-state index in [1.54, 1.807) is 0 Å². The van der Waals surface area contributed by atoms with Crippen molar-refractivity contribution in [1.82, 2.24) is 0 Å². The minimum Gasteiger partial charge on any atom is -0.481 e. The fourth-order valence-electron chi connectivity index (χ4n) is 4.24. The predicted molar refractivity (Wildman–Crippen MR) is 129 cm³/mol. The molecule has 0 bridgehead atoms. The zero-order valence-electron chi connectivity index (χ0n) is 20.0. The van der Waals surface area contributed by atoms with Crippen LogP contribution in [0.15, 0.2) is 0 Å². The first-order chi connectivity index (χ1) is 14.3. The molecule has 0 saturated carbocycles. The zero-order valence-corrected chi connectivity index (χ0v) is 20.0. The van der Waals surface area contributed by atoms with Crippen molar-refractivity contribution in [2.75, 3.05) is 0 Å². The van der Waals surface area contributed by atoms with E-state index in [-0.39, 0.29) is 0 Å². The van der Waals surface area contributed by atoms with Gasteiger partial charge in [0.25, 0.3) is 0 Å². The summed E-state index contributed by atoms with van der Waals surface area (Å²) in [5, 5.41) is 8.59. The van der Waals surface area contributed by atoms with Crippen LogP contribution < -0.4 is 0 Å². The SMILES string of the molecule is CCCCCCCCCCCCCCCCCCCCCCCCCCC(=O)O. The lowest BCUT2D eigenvalue weighted by molar-refractivity contribution is -0.137. The van der Waals surface area contributed by atoms with Crippen LogP contribution in [-0.2, 0) is 4.79 Å². The van der Waals surface area contributed by atoms with E-state index < -0.39 is 5.97 Å². The quantitative estimate of drug-likeness (QED) is 0.152. The lowest BCUT2D eigenvalue weighted by Gasteiger charge is -2.04. The molecule has 0 amide bonds. The lowest BCUT2D eigenvalue weighted by Crippen LogP contribution is -1.93. The minimum atomic E-state index is -0.649. The van der Waals surface area contributed by atoms with Crippen molar-refractivity contribution in [3.63, 3.8) is 0 Å². The summed E-state index contributed by atoms with van der Waals surface area (Å²) in [7, 11) is 0. The lowest BCUT2D eigenvalue weighted by atomic mass is 10.0. The van der Waals surface area contributed by atoms with Gasteiger partial charge in [0.05, 0.1) is 0 Å². The zero-order chi connectivity index (χ0) is 21.3. The van der Waals surface area contributed by atoms with Crippen LogP contribution in [0, 0.1) is 0 Å². The molecule has 0 saturated heterocycles. The van der Waals surface area contributed by atoms with Crippen molar-refractivity contribution in [1.29, 1.82) is 0 Å². The smallest absolute Gasteiger partial charge is 0.303 e. The maximum Gasteiger partial charge on any atom is 0.303 e. The fourth-order valence-corrected chi connectivity index (χ4v) is 4.24. The molecule has 174 valence electrons. The molecule has 0 aromatic rings. The third kappa shape index (κ3) is 27.5. The van der Waals surface area contributed by atoms with Crippen LogP contribution in [0.4, 0.5) is 0 Å². The number of unbranched alkanes of at least 4 members (excludes halogenated alkanes) is 23. The summed E-state index contributed by atoms with van der Waals surface area (Å²) < 4.78 is 0. The summed E-state index contributed by atoms with van der Waals surface area (Å²) in [6, 6.07) is 0. The Bertz CT molecular complexity index is 314. The Morgan fingerprint density at radius 1 is 0.414 bits per heavy atom. The molecule has 0 radical (unpaired) electrons. The summed E-state index contributed by atoms with van der Waals surface area (Å²) in [4.78, 5) is 10.4. The number of hydrogen-bond donors (Lipinski definition) is 1. The molecule has 2 heteroatoms. The molecule has 0 aliphatic carbocycles. The van der Waals surface area contributed by atoms with Crippen LogP contribution in [-0.4, -0.2) is 11.1 Å². The van der Waals surface area contributed by atoms with Crippen LogP contribution in [0.5, 0.6) is 0 Å². The molecular weight excluding hydrogens is 356 g/mol. The molecule has 0 aliphatic rings. The average molecular weight is 411 g/mol. The molecule has 29 heavy (non-hydrogen) atoms. The van der Waals surface area contributed by atoms with E-state index >= 15 is 0 Å². The van der Waals surface area contributed by atoms with Crippen molar-refractivity contribution in [2.45, 2.75) is 167 Å². The number of hydrogen-bond acceptors (Lipinski definition) is 1. The van der Waals surface area contributed by atoms with Gasteiger partial charge in [0, 0.05) is 6.42 Å². The molecular formula is C27H54O2. The van der Waals surface area contributed by atoms with Gasteiger partial charge in [-0.3, -0.25) is 4.79 Å². The number of aliphatic carboxylic acids is 1. The highest BCUT2D eigenvalue weighted by Crippen LogP contribution is 2.15. The summed E-state index contributed by atoms with van der Waals surface area (Å²) in [5.74, 6) is -0.649. The van der Waals surface area contributed by atoms with Crippen molar-refractivity contribution >= 4 is 5.97 Å². The number of carboxylic acids is 1. The van der Waals surface area contributed by atoms with Gasteiger partial charge in [0.15, 0.2) is 0 Å². The normalized spacial score (nSPS) is 11.2. The van der Waals surface area contributed by atoms with Crippen LogP contribution in [0.3, 0.4) is 0 Å². The monoisotopic (exact) mass is 410 g/mol. The molecule has 0 atom stereocenters. The number of carboxylic acid groups (broad SMARTS) is 1. The second-order valence-electron chi connectivity index (χ2n) is 9.28. The van der Waals surface area contributed by atoms with E-state index in [9.17, 15) is 4.79 Å². The molecule has 0 spiro atoms. The van der Waals surface area contributed by atoms with Gasteiger partial charge in [-0.05, 0) is 6.42 Å². The second-order valence-corrected chi connectivity index (χ2v) is 9.28. The molecule has 2 nitrogen and oxygen atoms in total. The third-order valence-electron chi connectivity index (χ3n) is 6.24. The largest absolute Gasteiger partial charge is 0.481 e. The molecule has 0 rings (SSSR count). The number of carbonyl (C=O) groups is 1. The van der Waals surface area contributed by atoms with Gasteiger partial charge in [-0.25, -0.2) is 0 Å². The van der Waals surface area contributed by atoms with Crippen molar-refractivity contribution < 1.29 is 9.90 Å². The Balaban J connectivity index is 2.99. The Kier molecular flexibility index (Phi) is 25.0. The Morgan fingerprint density at radius 2 is 0.621 bits per heavy atom. The highest BCUT2D eigenvalue weighted by Gasteiger charge is 1.97. The van der Waals surface area contributed by atoms with Gasteiger partial charge in [-0.15, -0.1) is 0 Å². The second kappa shape index (κ2) is 25.5. The summed E-state index contributed by atoms with van der Waals surface area (Å²) in [5.41, 5.74) is 0. The first-order valence-corrected chi connectivity index (χ1v) is 13.5. The summed E-state index contributed by atoms with van der Waals surface area (Å²) in [6.07, 6.45) is 33.5. The van der Waals surface area contributed by atoms with Gasteiger partial charge >= 0.3 is 5.97 Å². The third-order valence-corrected chi connectivity index (χ3v) is 6.24. The van der Waals surface area contributed by atoms with Crippen LogP contribution in [0.2, 0.25) is 0 Å². The Morgan fingerprint density at radius 3 is 0.828 bits per heavy atom. The first-order valence-electron chi connectivity index (χ1n) is 13.5. The summed E-state index contributed by atoms with van der Waals surface area (Å²) in [6.45, 7) is 2.29. The molecule has 0 aromatic heterocycles. The molecule has 0 unspecified atom stereocenters. The van der Waals surface area contributed by atoms with E-state index in [1.807, 2.05) is 0 Å². The van der Waals surface area contributed by atoms with Crippen LogP contribution in [0.1, 0.15) is 167 Å². The van der Waals surface area contributed by atoms with Gasteiger partial charge in [0.2, 0.25) is 0 Å². The van der Waals surface area contributed by atoms with E-state index in [0.717, 1.165) is 12.8 Å². The van der Waals surface area contributed by atoms with Gasteiger partial charge in [-0.2, -0.15) is 0 Å². The van der Waals surface area contributed by atoms with E-state index in [4.69, 9.17) is 5.11 Å². The fraction of sp³-hybridized carbons (Fsp3) is 0.963. The highest BCUT2D eigenvalue weighted by atomic mass is 16.4. The first kappa shape index (κ1) is 28.5. The molecule has 0 aromatic carbocycles. The molecule has 0 aliphatic heterocycles. The van der Waals surface area contributed by atoms with Crippen LogP contribution >= 0.6 is 0 Å². The van der Waals surface area contributed by atoms with Crippen molar-refractivity contribution in [3.8, 4) is 0 Å². The highest BCUT2D eigenvalue weighted by molar-refractivity contribution is 5.66. The average Bonchev–Trinajstić information content (AvgIpc) is 2.71. The van der Waals surface area contributed by atoms with Gasteiger partial charge < -0.3 is 5.11 Å². The number of rotatable bonds is 25. The van der Waals surface area contributed by atoms with Gasteiger partial charge in [0.1, 0.15) is 0 Å². The van der Waals surface area contributed by atoms with E-state index in [0.29, 0.717) is 6.42 Å². The van der Waals surface area contributed by atoms with Gasteiger partial charge in [-0.1, -0.05) is 155 Å². The molecule has 0 heterocycles. The van der Waals surface area contributed by atoms with Crippen molar-refractivity contribution in [3.05, 3.63) is 0 Å². The Labute approximate surface area is 183 Å². The van der Waals surface area contributed by atoms with Crippen molar-refractivity contribution in [2.24, 2.45) is 0 Å². The maximum atomic E-state index is 10.4. The standard InChI is InChI=1S/C27H54O2/c1-2-3-4-5-6-7-8-9-10-11-12-13-14-15-16-17-18-19-20-21-22-23-24-25-26-27(28)29/h2-26H2,1H3,(H,28,29). The molecule has 1 N–H and O–H groups in total. The summed E-state index contributed by atoms with van der Waals surface area (Å²) >= 11 is 0. The maximum absolute atomic E-state index is 10.4. The van der Waals surface area contributed by atoms with E-state index in [2.05, 4.69) is 6.92 Å². The van der Waals surface area contributed by atoms with Crippen LogP contribution in [0.25, 0.3) is 0 Å². The predicted octanol–water partition coefficient (Wildman–Crippen LogP) is 9.84.